The van der Waals surface area contributed by atoms with Crippen molar-refractivity contribution in [3.63, 3.8) is 0 Å². The summed E-state index contributed by atoms with van der Waals surface area (Å²) in [4.78, 5) is 8.27. The minimum atomic E-state index is 0.418. The Hall–Kier alpha value is -2.05. The highest BCUT2D eigenvalue weighted by atomic mass is 16.5. The Bertz CT molecular complexity index is 494. The number of rotatable bonds is 3. The van der Waals surface area contributed by atoms with Gasteiger partial charge in [-0.05, 0) is 13.8 Å². The van der Waals surface area contributed by atoms with Crippen molar-refractivity contribution in [2.24, 2.45) is 0 Å². The Labute approximate surface area is 92.3 Å². The maximum Gasteiger partial charge on any atom is 0.243 e. The van der Waals surface area contributed by atoms with E-state index < -0.39 is 0 Å². The lowest BCUT2D eigenvalue weighted by molar-refractivity contribution is 0.388. The summed E-state index contributed by atoms with van der Waals surface area (Å²) in [7, 11) is 0. The Morgan fingerprint density at radius 2 is 1.88 bits per heavy atom. The van der Waals surface area contributed by atoms with Crippen LogP contribution in [0.4, 0.5) is 5.95 Å². The number of nitrogens with zero attached hydrogens (tertiary/aromatic N) is 5. The molecule has 0 spiro atoms. The summed E-state index contributed by atoms with van der Waals surface area (Å²) in [5.41, 5.74) is 1.67. The van der Waals surface area contributed by atoms with Crippen LogP contribution >= 0.6 is 0 Å². The van der Waals surface area contributed by atoms with Crippen LogP contribution in [0.1, 0.15) is 23.1 Å². The van der Waals surface area contributed by atoms with Gasteiger partial charge in [-0.25, -0.2) is 4.98 Å². The molecule has 7 heteroatoms. The topological polar surface area (TPSA) is 89.6 Å². The lowest BCUT2D eigenvalue weighted by Gasteiger charge is -2.02. The average Bonchev–Trinajstić information content (AvgIpc) is 2.66. The molecule has 0 aliphatic carbocycles. The van der Waals surface area contributed by atoms with E-state index in [0.29, 0.717) is 24.2 Å². The summed E-state index contributed by atoms with van der Waals surface area (Å²) in [6.45, 7) is 5.90. The molecule has 0 aliphatic heterocycles. The van der Waals surface area contributed by atoms with Crippen molar-refractivity contribution in [3.05, 3.63) is 23.1 Å². The van der Waals surface area contributed by atoms with Gasteiger partial charge in [0.25, 0.3) is 0 Å². The molecule has 0 unspecified atom stereocenters. The van der Waals surface area contributed by atoms with E-state index in [-0.39, 0.29) is 0 Å². The Morgan fingerprint density at radius 1 is 1.06 bits per heavy atom. The van der Waals surface area contributed by atoms with Crippen molar-refractivity contribution < 1.29 is 4.52 Å². The second-order valence-corrected chi connectivity index (χ2v) is 3.39. The van der Waals surface area contributed by atoms with Crippen LogP contribution in [0, 0.1) is 20.8 Å². The summed E-state index contributed by atoms with van der Waals surface area (Å²) in [6.07, 6.45) is 0. The van der Waals surface area contributed by atoms with E-state index in [1.54, 1.807) is 6.92 Å². The van der Waals surface area contributed by atoms with E-state index >= 15 is 0 Å². The minimum Gasteiger partial charge on any atom is -0.345 e. The summed E-state index contributed by atoms with van der Waals surface area (Å²) >= 11 is 0. The number of nitrogens with one attached hydrogen (secondary N) is 1. The quantitative estimate of drug-likeness (QED) is 0.817. The van der Waals surface area contributed by atoms with Gasteiger partial charge in [0, 0.05) is 6.92 Å². The first-order valence-electron chi connectivity index (χ1n) is 4.86. The van der Waals surface area contributed by atoms with E-state index in [1.165, 1.54) is 0 Å². The van der Waals surface area contributed by atoms with E-state index in [2.05, 4.69) is 30.6 Å². The normalized spacial score (nSPS) is 10.4. The molecule has 0 saturated heterocycles. The first kappa shape index (κ1) is 10.5. The third kappa shape index (κ3) is 2.30. The van der Waals surface area contributed by atoms with Gasteiger partial charge in [0.1, 0.15) is 0 Å². The number of aromatic nitrogens is 5. The lowest BCUT2D eigenvalue weighted by atomic mass is 10.4. The molecule has 0 aliphatic rings. The first-order chi connectivity index (χ1) is 7.65. The molecule has 0 amide bonds. The van der Waals surface area contributed by atoms with Crippen LogP contribution in [0.15, 0.2) is 4.52 Å². The molecule has 2 rings (SSSR count). The average molecular weight is 220 g/mol. The number of anilines is 1. The van der Waals surface area contributed by atoms with Crippen LogP contribution in [-0.4, -0.2) is 25.3 Å². The van der Waals surface area contributed by atoms with E-state index in [9.17, 15) is 0 Å². The fraction of sp³-hybridized carbons (Fsp3) is 0.444. The first-order valence-corrected chi connectivity index (χ1v) is 4.86. The monoisotopic (exact) mass is 220 g/mol. The molecule has 2 aromatic rings. The zero-order chi connectivity index (χ0) is 11.5. The summed E-state index contributed by atoms with van der Waals surface area (Å²) in [5.74, 6) is 1.57. The fourth-order valence-corrected chi connectivity index (χ4v) is 1.10. The number of hydrogen-bond acceptors (Lipinski definition) is 7. The smallest absolute Gasteiger partial charge is 0.243 e. The SMILES string of the molecule is Cc1nc(CNc2nnc(C)c(C)n2)no1. The minimum absolute atomic E-state index is 0.418. The van der Waals surface area contributed by atoms with Crippen molar-refractivity contribution in [2.75, 3.05) is 5.32 Å². The van der Waals surface area contributed by atoms with Crippen LogP contribution in [-0.2, 0) is 6.54 Å². The number of hydrogen-bond donors (Lipinski definition) is 1. The van der Waals surface area contributed by atoms with Crippen LogP contribution in [0.3, 0.4) is 0 Å². The zero-order valence-electron chi connectivity index (χ0n) is 9.35. The van der Waals surface area contributed by atoms with Crippen molar-refractivity contribution in [3.8, 4) is 0 Å². The Balaban J connectivity index is 2.02. The fourth-order valence-electron chi connectivity index (χ4n) is 1.10. The molecule has 0 fully saturated rings. The second kappa shape index (κ2) is 4.21. The molecule has 16 heavy (non-hydrogen) atoms. The van der Waals surface area contributed by atoms with Crippen LogP contribution in [0.5, 0.6) is 0 Å². The van der Waals surface area contributed by atoms with Crippen molar-refractivity contribution in [2.45, 2.75) is 27.3 Å². The molecule has 0 atom stereocenters. The molecular formula is C9H12N6O. The van der Waals surface area contributed by atoms with Crippen molar-refractivity contribution in [1.29, 1.82) is 0 Å². The summed E-state index contributed by atoms with van der Waals surface area (Å²) in [6, 6.07) is 0. The van der Waals surface area contributed by atoms with Gasteiger partial charge in [-0.1, -0.05) is 5.16 Å². The van der Waals surface area contributed by atoms with Crippen molar-refractivity contribution >= 4 is 5.95 Å². The van der Waals surface area contributed by atoms with Gasteiger partial charge in [0.15, 0.2) is 5.82 Å². The molecule has 0 bridgehead atoms. The molecule has 2 heterocycles. The molecular weight excluding hydrogens is 208 g/mol. The molecule has 84 valence electrons. The van der Waals surface area contributed by atoms with Gasteiger partial charge in [0.2, 0.25) is 11.8 Å². The van der Waals surface area contributed by atoms with Crippen LogP contribution < -0.4 is 5.32 Å². The van der Waals surface area contributed by atoms with E-state index in [4.69, 9.17) is 4.52 Å². The molecule has 1 N–H and O–H groups in total. The summed E-state index contributed by atoms with van der Waals surface area (Å²) in [5, 5.41) is 14.6. The third-order valence-electron chi connectivity index (χ3n) is 2.07. The highest BCUT2D eigenvalue weighted by Gasteiger charge is 2.04. The molecule has 2 aromatic heterocycles. The van der Waals surface area contributed by atoms with Crippen LogP contribution in [0.2, 0.25) is 0 Å². The van der Waals surface area contributed by atoms with Gasteiger partial charge >= 0.3 is 0 Å². The molecule has 7 nitrogen and oxygen atoms in total. The van der Waals surface area contributed by atoms with Gasteiger partial charge in [-0.15, -0.1) is 5.10 Å². The zero-order valence-corrected chi connectivity index (χ0v) is 9.35. The van der Waals surface area contributed by atoms with Gasteiger partial charge in [-0.2, -0.15) is 10.1 Å². The molecule has 0 aromatic carbocycles. The van der Waals surface area contributed by atoms with Gasteiger partial charge < -0.3 is 9.84 Å². The standard InChI is InChI=1S/C9H12N6O/c1-5-6(2)13-14-9(11-5)10-4-8-12-7(3)16-15-8/h4H2,1-3H3,(H,10,11,14). The third-order valence-corrected chi connectivity index (χ3v) is 2.07. The Kier molecular flexibility index (Phi) is 2.76. The molecule has 0 radical (unpaired) electrons. The summed E-state index contributed by atoms with van der Waals surface area (Å²) < 4.78 is 4.84. The predicted molar refractivity (Wildman–Crippen MR) is 55.7 cm³/mol. The molecule has 0 saturated carbocycles. The maximum atomic E-state index is 4.84. The van der Waals surface area contributed by atoms with Crippen molar-refractivity contribution in [1.82, 2.24) is 25.3 Å². The number of aryl methyl sites for hydroxylation is 3. The van der Waals surface area contributed by atoms with Crippen LogP contribution in [0.25, 0.3) is 0 Å². The second-order valence-electron chi connectivity index (χ2n) is 3.39. The van der Waals surface area contributed by atoms with E-state index in [1.807, 2.05) is 13.8 Å². The van der Waals surface area contributed by atoms with Gasteiger partial charge in [-0.3, -0.25) is 0 Å². The maximum absolute atomic E-state index is 4.84. The van der Waals surface area contributed by atoms with Gasteiger partial charge in [0.05, 0.1) is 17.9 Å². The highest BCUT2D eigenvalue weighted by Crippen LogP contribution is 2.03. The highest BCUT2D eigenvalue weighted by molar-refractivity contribution is 5.24. The predicted octanol–water partition coefficient (Wildman–Crippen LogP) is 0.792. The Morgan fingerprint density at radius 3 is 2.50 bits per heavy atom. The largest absolute Gasteiger partial charge is 0.345 e. The lowest BCUT2D eigenvalue weighted by Crippen LogP contribution is -2.07. The van der Waals surface area contributed by atoms with E-state index in [0.717, 1.165) is 11.4 Å².